The highest BCUT2D eigenvalue weighted by atomic mass is 32.2. The van der Waals surface area contributed by atoms with Crippen molar-refractivity contribution in [2.24, 2.45) is 0 Å². The SMILES string of the molecule is CN(OS(=O)[O-])c1n[nH]c(-c2ccncc2)c1-c1ccc(F)cc1. The normalized spacial score (nSPS) is 12.1. The zero-order valence-electron chi connectivity index (χ0n) is 12.5. The lowest BCUT2D eigenvalue weighted by Crippen LogP contribution is -2.20. The average Bonchev–Trinajstić information content (AvgIpc) is 3.01. The van der Waals surface area contributed by atoms with Gasteiger partial charge in [-0.3, -0.25) is 10.1 Å². The molecule has 124 valence electrons. The number of nitrogens with zero attached hydrogens (tertiary/aromatic N) is 3. The minimum absolute atomic E-state index is 0.248. The van der Waals surface area contributed by atoms with Crippen molar-refractivity contribution in [2.45, 2.75) is 0 Å². The summed E-state index contributed by atoms with van der Waals surface area (Å²) in [5.74, 6) is -0.128. The topological polar surface area (TPSA) is 94.2 Å². The van der Waals surface area contributed by atoms with Gasteiger partial charge in [0.05, 0.1) is 11.3 Å². The van der Waals surface area contributed by atoms with Gasteiger partial charge in [0.25, 0.3) is 0 Å². The Morgan fingerprint density at radius 2 is 1.83 bits per heavy atom. The summed E-state index contributed by atoms with van der Waals surface area (Å²) in [4.78, 5) is 3.97. The Labute approximate surface area is 139 Å². The highest BCUT2D eigenvalue weighted by molar-refractivity contribution is 7.74. The van der Waals surface area contributed by atoms with E-state index in [1.54, 1.807) is 36.7 Å². The van der Waals surface area contributed by atoms with Gasteiger partial charge in [-0.25, -0.2) is 13.7 Å². The maximum atomic E-state index is 13.2. The van der Waals surface area contributed by atoms with Gasteiger partial charge in [0.2, 0.25) is 0 Å². The summed E-state index contributed by atoms with van der Waals surface area (Å²) in [7, 11) is 1.41. The number of aromatic nitrogens is 3. The Kier molecular flexibility index (Phi) is 4.65. The van der Waals surface area contributed by atoms with Crippen LogP contribution < -0.4 is 5.06 Å². The molecule has 1 aromatic carbocycles. The van der Waals surface area contributed by atoms with E-state index in [9.17, 15) is 13.2 Å². The molecule has 0 radical (unpaired) electrons. The highest BCUT2D eigenvalue weighted by Crippen LogP contribution is 2.37. The van der Waals surface area contributed by atoms with Crippen molar-refractivity contribution in [1.29, 1.82) is 0 Å². The third-order valence-corrected chi connectivity index (χ3v) is 3.67. The second kappa shape index (κ2) is 6.87. The molecule has 1 N–H and O–H groups in total. The summed E-state index contributed by atoms with van der Waals surface area (Å²) in [6.07, 6.45) is 3.24. The van der Waals surface area contributed by atoms with E-state index in [-0.39, 0.29) is 11.6 Å². The Bertz CT molecular complexity index is 855. The summed E-state index contributed by atoms with van der Waals surface area (Å²) in [6.45, 7) is 0. The van der Waals surface area contributed by atoms with Crippen molar-refractivity contribution >= 4 is 17.2 Å². The second-order valence-corrected chi connectivity index (χ2v) is 5.37. The van der Waals surface area contributed by atoms with Gasteiger partial charge in [-0.05, 0) is 29.8 Å². The summed E-state index contributed by atoms with van der Waals surface area (Å²) < 4.78 is 39.5. The molecule has 0 aliphatic heterocycles. The van der Waals surface area contributed by atoms with E-state index >= 15 is 0 Å². The van der Waals surface area contributed by atoms with Gasteiger partial charge in [0.1, 0.15) is 17.2 Å². The molecular formula is C15H12FN4O3S-. The molecule has 24 heavy (non-hydrogen) atoms. The van der Waals surface area contributed by atoms with Gasteiger partial charge in [-0.15, -0.1) is 0 Å². The Hall–Kier alpha value is -2.62. The van der Waals surface area contributed by atoms with Crippen LogP contribution in [0.15, 0.2) is 48.8 Å². The molecule has 0 fully saturated rings. The maximum absolute atomic E-state index is 13.2. The summed E-state index contributed by atoms with van der Waals surface area (Å²) in [6, 6.07) is 9.34. The monoisotopic (exact) mass is 347 g/mol. The molecule has 0 saturated heterocycles. The minimum Gasteiger partial charge on any atom is -0.748 e. The van der Waals surface area contributed by atoms with Crippen LogP contribution in [0.3, 0.4) is 0 Å². The lowest BCUT2D eigenvalue weighted by atomic mass is 10.0. The van der Waals surface area contributed by atoms with Crippen molar-refractivity contribution in [3.05, 3.63) is 54.6 Å². The van der Waals surface area contributed by atoms with Crippen molar-refractivity contribution in [3.8, 4) is 22.4 Å². The number of pyridine rings is 1. The van der Waals surface area contributed by atoms with Crippen LogP contribution >= 0.6 is 0 Å². The van der Waals surface area contributed by atoms with Gasteiger partial charge in [0, 0.05) is 25.0 Å². The van der Waals surface area contributed by atoms with E-state index in [4.69, 9.17) is 0 Å². The molecule has 0 amide bonds. The van der Waals surface area contributed by atoms with Crippen molar-refractivity contribution in [3.63, 3.8) is 0 Å². The number of H-pyrrole nitrogens is 1. The molecule has 3 aromatic rings. The number of benzene rings is 1. The number of aromatic amines is 1. The quantitative estimate of drug-likeness (QED) is 0.563. The fourth-order valence-electron chi connectivity index (χ4n) is 2.30. The molecule has 0 spiro atoms. The summed E-state index contributed by atoms with van der Waals surface area (Å²) in [5, 5.41) is 8.01. The van der Waals surface area contributed by atoms with Crippen molar-refractivity contribution in [2.75, 3.05) is 12.1 Å². The van der Waals surface area contributed by atoms with Crippen LogP contribution in [0.2, 0.25) is 0 Å². The van der Waals surface area contributed by atoms with Crippen LogP contribution in [0.4, 0.5) is 10.2 Å². The van der Waals surface area contributed by atoms with Gasteiger partial charge in [0.15, 0.2) is 5.82 Å². The number of halogens is 1. The number of hydroxylamine groups is 1. The molecule has 9 heteroatoms. The lowest BCUT2D eigenvalue weighted by Gasteiger charge is -2.18. The first kappa shape index (κ1) is 16.2. The van der Waals surface area contributed by atoms with Crippen LogP contribution in [-0.4, -0.2) is 31.0 Å². The van der Waals surface area contributed by atoms with Crippen LogP contribution in [0.5, 0.6) is 0 Å². The maximum Gasteiger partial charge on any atom is 0.183 e. The van der Waals surface area contributed by atoms with E-state index in [0.717, 1.165) is 10.6 Å². The number of rotatable bonds is 5. The van der Waals surface area contributed by atoms with Gasteiger partial charge in [-0.2, -0.15) is 9.38 Å². The molecule has 0 saturated carbocycles. The first-order valence-electron chi connectivity index (χ1n) is 6.82. The second-order valence-electron chi connectivity index (χ2n) is 4.82. The highest BCUT2D eigenvalue weighted by Gasteiger charge is 2.20. The van der Waals surface area contributed by atoms with Gasteiger partial charge >= 0.3 is 0 Å². The third kappa shape index (κ3) is 3.32. The molecular weight excluding hydrogens is 335 g/mol. The standard InChI is InChI=1S/C15H13FN4O3S/c1-20(23-24(21)22)15-13(10-2-4-12(16)5-3-10)14(18-19-15)11-6-8-17-9-7-11/h2-9H,1H3,(H,18,19)(H,21,22)/p-1. The lowest BCUT2D eigenvalue weighted by molar-refractivity contribution is 0.286. The molecule has 3 rings (SSSR count). The van der Waals surface area contributed by atoms with Crippen LogP contribution in [0.25, 0.3) is 22.4 Å². The van der Waals surface area contributed by atoms with E-state index in [1.165, 1.54) is 19.2 Å². The van der Waals surface area contributed by atoms with Gasteiger partial charge in [-0.1, -0.05) is 12.1 Å². The predicted octanol–water partition coefficient (Wildman–Crippen LogP) is 2.44. The molecule has 0 bridgehead atoms. The number of nitrogens with one attached hydrogen (secondary N) is 1. The smallest absolute Gasteiger partial charge is 0.183 e. The van der Waals surface area contributed by atoms with Crippen LogP contribution in [-0.2, 0) is 15.6 Å². The number of hydrogen-bond acceptors (Lipinski definition) is 6. The fourth-order valence-corrected chi connectivity index (χ4v) is 2.56. The third-order valence-electron chi connectivity index (χ3n) is 3.32. The van der Waals surface area contributed by atoms with E-state index in [1.807, 2.05) is 0 Å². The Morgan fingerprint density at radius 1 is 1.17 bits per heavy atom. The largest absolute Gasteiger partial charge is 0.748 e. The van der Waals surface area contributed by atoms with Gasteiger partial charge < -0.3 is 4.55 Å². The predicted molar refractivity (Wildman–Crippen MR) is 85.6 cm³/mol. The first-order valence-corrected chi connectivity index (χ1v) is 7.82. The van der Waals surface area contributed by atoms with E-state index < -0.39 is 11.4 Å². The van der Waals surface area contributed by atoms with Crippen molar-refractivity contribution < 1.29 is 17.4 Å². The molecule has 7 nitrogen and oxygen atoms in total. The number of hydrogen-bond donors (Lipinski definition) is 1. The molecule has 2 aromatic heterocycles. The van der Waals surface area contributed by atoms with E-state index in [0.29, 0.717) is 16.8 Å². The molecule has 1 unspecified atom stereocenters. The summed E-state index contributed by atoms with van der Waals surface area (Å²) in [5.41, 5.74) is 2.65. The minimum atomic E-state index is -2.75. The molecule has 2 heterocycles. The zero-order valence-corrected chi connectivity index (χ0v) is 13.3. The average molecular weight is 347 g/mol. The van der Waals surface area contributed by atoms with Crippen LogP contribution in [0.1, 0.15) is 0 Å². The van der Waals surface area contributed by atoms with Crippen molar-refractivity contribution in [1.82, 2.24) is 15.2 Å². The molecule has 1 atom stereocenters. The number of anilines is 1. The van der Waals surface area contributed by atoms with Crippen LogP contribution in [0, 0.1) is 5.82 Å². The zero-order chi connectivity index (χ0) is 17.1. The van der Waals surface area contributed by atoms with E-state index in [2.05, 4.69) is 19.5 Å². The Balaban J connectivity index is 2.15. The molecule has 0 aliphatic carbocycles. The summed E-state index contributed by atoms with van der Waals surface area (Å²) >= 11 is -2.75. The Morgan fingerprint density at radius 3 is 2.46 bits per heavy atom. The fraction of sp³-hybridized carbons (Fsp3) is 0.0667. The first-order chi connectivity index (χ1) is 11.6. The molecule has 0 aliphatic rings.